The summed E-state index contributed by atoms with van der Waals surface area (Å²) in [5, 5.41) is 6.53. The SMILES string of the molecule is CCCNC(Cc1ccc(C)cc1Cl)c1sccc1OC. The van der Waals surface area contributed by atoms with Gasteiger partial charge in [0.25, 0.3) is 0 Å². The molecule has 1 heterocycles. The zero-order chi connectivity index (χ0) is 15.2. The quantitative estimate of drug-likeness (QED) is 0.774. The third kappa shape index (κ3) is 4.22. The molecule has 0 radical (unpaired) electrons. The molecule has 114 valence electrons. The molecule has 0 saturated carbocycles. The summed E-state index contributed by atoms with van der Waals surface area (Å²) in [5.74, 6) is 0.955. The fourth-order valence-corrected chi connectivity index (χ4v) is 3.59. The Hall–Kier alpha value is -1.03. The predicted molar refractivity (Wildman–Crippen MR) is 91.8 cm³/mol. The number of methoxy groups -OCH3 is 1. The van der Waals surface area contributed by atoms with Crippen LogP contribution in [0.5, 0.6) is 5.75 Å². The van der Waals surface area contributed by atoms with Gasteiger partial charge < -0.3 is 10.1 Å². The zero-order valence-electron chi connectivity index (χ0n) is 12.8. The van der Waals surface area contributed by atoms with Gasteiger partial charge in [-0.1, -0.05) is 30.7 Å². The first-order chi connectivity index (χ1) is 10.2. The van der Waals surface area contributed by atoms with Crippen molar-refractivity contribution in [2.75, 3.05) is 13.7 Å². The molecule has 1 unspecified atom stereocenters. The summed E-state index contributed by atoms with van der Waals surface area (Å²) in [6.07, 6.45) is 1.97. The van der Waals surface area contributed by atoms with Crippen LogP contribution in [-0.4, -0.2) is 13.7 Å². The van der Waals surface area contributed by atoms with Crippen LogP contribution < -0.4 is 10.1 Å². The monoisotopic (exact) mass is 323 g/mol. The van der Waals surface area contributed by atoms with Crippen LogP contribution in [0.4, 0.5) is 0 Å². The molecule has 0 bridgehead atoms. The molecule has 0 spiro atoms. The molecule has 4 heteroatoms. The molecule has 0 aliphatic heterocycles. The fraction of sp³-hybridized carbons (Fsp3) is 0.412. The molecule has 2 rings (SSSR count). The van der Waals surface area contributed by atoms with Crippen LogP contribution in [0.2, 0.25) is 5.02 Å². The first-order valence-corrected chi connectivity index (χ1v) is 8.51. The van der Waals surface area contributed by atoms with Crippen molar-refractivity contribution in [3.8, 4) is 5.75 Å². The summed E-state index contributed by atoms with van der Waals surface area (Å²) in [4.78, 5) is 1.24. The van der Waals surface area contributed by atoms with Gasteiger partial charge in [0.1, 0.15) is 5.75 Å². The fourth-order valence-electron chi connectivity index (χ4n) is 2.35. The standard InChI is InChI=1S/C17H22ClNOS/c1-4-8-19-15(17-16(20-3)7-9-21-17)11-13-6-5-12(2)10-14(13)18/h5-7,9-10,15,19H,4,8,11H2,1-3H3. The lowest BCUT2D eigenvalue weighted by molar-refractivity contribution is 0.402. The molecule has 0 amide bonds. The van der Waals surface area contributed by atoms with E-state index in [0.29, 0.717) is 0 Å². The third-order valence-corrected chi connectivity index (χ3v) is 4.83. The Kier molecular flexibility index (Phi) is 6.09. The zero-order valence-corrected chi connectivity index (χ0v) is 14.4. The number of hydrogen-bond donors (Lipinski definition) is 1. The summed E-state index contributed by atoms with van der Waals surface area (Å²) in [7, 11) is 1.72. The van der Waals surface area contributed by atoms with Crippen LogP contribution in [0, 0.1) is 6.92 Å². The Bertz CT molecular complexity index is 582. The molecule has 0 saturated heterocycles. The van der Waals surface area contributed by atoms with E-state index in [1.165, 1.54) is 16.0 Å². The second kappa shape index (κ2) is 7.83. The van der Waals surface area contributed by atoms with Crippen molar-refractivity contribution < 1.29 is 4.74 Å². The van der Waals surface area contributed by atoms with E-state index in [4.69, 9.17) is 16.3 Å². The summed E-state index contributed by atoms with van der Waals surface area (Å²) >= 11 is 8.12. The van der Waals surface area contributed by atoms with Crippen molar-refractivity contribution in [1.29, 1.82) is 0 Å². The molecule has 1 aromatic heterocycles. The van der Waals surface area contributed by atoms with Crippen molar-refractivity contribution in [3.63, 3.8) is 0 Å². The van der Waals surface area contributed by atoms with Gasteiger partial charge >= 0.3 is 0 Å². The molecular weight excluding hydrogens is 302 g/mol. The van der Waals surface area contributed by atoms with Gasteiger partial charge in [-0.3, -0.25) is 0 Å². The van der Waals surface area contributed by atoms with E-state index in [0.717, 1.165) is 30.2 Å². The van der Waals surface area contributed by atoms with Gasteiger partial charge in [0, 0.05) is 11.1 Å². The van der Waals surface area contributed by atoms with Crippen molar-refractivity contribution in [3.05, 3.63) is 50.7 Å². The number of thiophene rings is 1. The summed E-state index contributed by atoms with van der Waals surface area (Å²) in [6, 6.07) is 8.53. The minimum absolute atomic E-state index is 0.236. The second-order valence-corrected chi connectivity index (χ2v) is 6.51. The van der Waals surface area contributed by atoms with E-state index in [1.54, 1.807) is 18.4 Å². The predicted octanol–water partition coefficient (Wildman–Crippen LogP) is 5.00. The van der Waals surface area contributed by atoms with Crippen LogP contribution in [-0.2, 0) is 6.42 Å². The highest BCUT2D eigenvalue weighted by atomic mass is 35.5. The Labute approximate surface area is 136 Å². The number of ether oxygens (including phenoxy) is 1. The molecule has 1 atom stereocenters. The number of benzene rings is 1. The van der Waals surface area contributed by atoms with E-state index in [2.05, 4.69) is 36.7 Å². The number of rotatable bonds is 7. The Morgan fingerprint density at radius 3 is 2.81 bits per heavy atom. The molecule has 2 nitrogen and oxygen atoms in total. The Balaban J connectivity index is 2.24. The summed E-state index contributed by atoms with van der Waals surface area (Å²) < 4.78 is 5.47. The molecule has 1 N–H and O–H groups in total. The highest BCUT2D eigenvalue weighted by Crippen LogP contribution is 2.34. The van der Waals surface area contributed by atoms with E-state index < -0.39 is 0 Å². The smallest absolute Gasteiger partial charge is 0.134 e. The van der Waals surface area contributed by atoms with Gasteiger partial charge in [0.15, 0.2) is 0 Å². The maximum atomic E-state index is 6.39. The minimum Gasteiger partial charge on any atom is -0.496 e. The molecular formula is C17H22ClNOS. The van der Waals surface area contributed by atoms with E-state index >= 15 is 0 Å². The Morgan fingerprint density at radius 1 is 1.33 bits per heavy atom. The van der Waals surface area contributed by atoms with Crippen molar-refractivity contribution >= 4 is 22.9 Å². The first kappa shape index (κ1) is 16.3. The normalized spacial score (nSPS) is 12.4. The number of aryl methyl sites for hydroxylation is 1. The number of nitrogens with one attached hydrogen (secondary N) is 1. The third-order valence-electron chi connectivity index (χ3n) is 3.47. The van der Waals surface area contributed by atoms with Gasteiger partial charge in [-0.2, -0.15) is 0 Å². The van der Waals surface area contributed by atoms with Crippen LogP contribution in [0.25, 0.3) is 0 Å². The largest absolute Gasteiger partial charge is 0.496 e. The molecule has 0 aliphatic carbocycles. The maximum absolute atomic E-state index is 6.39. The summed E-state index contributed by atoms with van der Waals surface area (Å²) in [5.41, 5.74) is 2.36. The molecule has 0 fully saturated rings. The lowest BCUT2D eigenvalue weighted by Gasteiger charge is -2.19. The van der Waals surface area contributed by atoms with E-state index in [9.17, 15) is 0 Å². The van der Waals surface area contributed by atoms with Gasteiger partial charge in [-0.05, 0) is 54.9 Å². The van der Waals surface area contributed by atoms with Gasteiger partial charge in [-0.15, -0.1) is 11.3 Å². The average molecular weight is 324 g/mol. The molecule has 2 aromatic rings. The Morgan fingerprint density at radius 2 is 2.14 bits per heavy atom. The molecule has 0 aliphatic rings. The van der Waals surface area contributed by atoms with Crippen molar-refractivity contribution in [2.45, 2.75) is 32.7 Å². The van der Waals surface area contributed by atoms with E-state index in [-0.39, 0.29) is 6.04 Å². The molecule has 21 heavy (non-hydrogen) atoms. The topological polar surface area (TPSA) is 21.3 Å². The molecule has 1 aromatic carbocycles. The second-order valence-electron chi connectivity index (χ2n) is 5.16. The van der Waals surface area contributed by atoms with Crippen LogP contribution in [0.15, 0.2) is 29.6 Å². The van der Waals surface area contributed by atoms with Crippen molar-refractivity contribution in [1.82, 2.24) is 5.32 Å². The van der Waals surface area contributed by atoms with Crippen LogP contribution in [0.3, 0.4) is 0 Å². The van der Waals surface area contributed by atoms with Gasteiger partial charge in [-0.25, -0.2) is 0 Å². The van der Waals surface area contributed by atoms with Gasteiger partial charge in [0.2, 0.25) is 0 Å². The highest BCUT2D eigenvalue weighted by molar-refractivity contribution is 7.10. The lowest BCUT2D eigenvalue weighted by Crippen LogP contribution is -2.23. The lowest BCUT2D eigenvalue weighted by atomic mass is 10.0. The number of halogens is 1. The van der Waals surface area contributed by atoms with E-state index in [1.807, 2.05) is 12.1 Å². The van der Waals surface area contributed by atoms with Crippen LogP contribution >= 0.6 is 22.9 Å². The average Bonchev–Trinajstić information content (AvgIpc) is 2.94. The summed E-state index contributed by atoms with van der Waals surface area (Å²) in [6.45, 7) is 5.22. The van der Waals surface area contributed by atoms with Crippen LogP contribution in [0.1, 0.15) is 35.4 Å². The first-order valence-electron chi connectivity index (χ1n) is 7.25. The van der Waals surface area contributed by atoms with Crippen molar-refractivity contribution in [2.24, 2.45) is 0 Å². The van der Waals surface area contributed by atoms with Gasteiger partial charge in [0.05, 0.1) is 12.0 Å². The number of hydrogen-bond acceptors (Lipinski definition) is 3. The maximum Gasteiger partial charge on any atom is 0.134 e. The highest BCUT2D eigenvalue weighted by Gasteiger charge is 2.18. The minimum atomic E-state index is 0.236.